The van der Waals surface area contributed by atoms with Crippen LogP contribution in [0, 0.1) is 0 Å². The zero-order valence-corrected chi connectivity index (χ0v) is 14.5. The van der Waals surface area contributed by atoms with Crippen LogP contribution in [0.3, 0.4) is 0 Å². The van der Waals surface area contributed by atoms with Crippen LogP contribution >= 0.6 is 11.6 Å². The van der Waals surface area contributed by atoms with E-state index in [1.807, 2.05) is 51.1 Å². The highest BCUT2D eigenvalue weighted by molar-refractivity contribution is 6.30. The van der Waals surface area contributed by atoms with Crippen LogP contribution < -0.4 is 0 Å². The van der Waals surface area contributed by atoms with Gasteiger partial charge in [-0.1, -0.05) is 38.4 Å². The van der Waals surface area contributed by atoms with Gasteiger partial charge in [-0.15, -0.1) is 0 Å². The molecule has 1 heterocycles. The predicted molar refractivity (Wildman–Crippen MR) is 94.9 cm³/mol. The van der Waals surface area contributed by atoms with Gasteiger partial charge in [0.05, 0.1) is 0 Å². The van der Waals surface area contributed by atoms with Crippen molar-refractivity contribution in [3.63, 3.8) is 0 Å². The number of oxazole rings is 1. The molecule has 1 atom stereocenters. The first-order valence-electron chi connectivity index (χ1n) is 7.71. The molecule has 4 heteroatoms. The fourth-order valence-electron chi connectivity index (χ4n) is 2.16. The number of hydrogen-bond donors (Lipinski definition) is 0. The zero-order chi connectivity index (χ0) is 17.0. The Morgan fingerprint density at radius 2 is 1.78 bits per heavy atom. The number of hydrogen-bond acceptors (Lipinski definition) is 3. The molecule has 0 N–H and O–H groups in total. The van der Waals surface area contributed by atoms with Crippen LogP contribution in [0.1, 0.15) is 39.2 Å². The third kappa shape index (κ3) is 3.80. The third-order valence-electron chi connectivity index (χ3n) is 3.61. The highest BCUT2D eigenvalue weighted by Gasteiger charge is 2.14. The molecule has 0 saturated heterocycles. The standard InChI is InChI=1S/C17H14ClNO2.C2H6/c1-10(11(2)20)13-5-8-16-15(9-13)19-17(21-16)12-3-6-14(18)7-4-12;1-2/h3-10H,1-2H3;1-2H3. The second kappa shape index (κ2) is 7.42. The molecule has 0 spiro atoms. The summed E-state index contributed by atoms with van der Waals surface area (Å²) in [5.41, 5.74) is 3.28. The molecule has 3 nitrogen and oxygen atoms in total. The van der Waals surface area contributed by atoms with Gasteiger partial charge in [-0.25, -0.2) is 4.98 Å². The van der Waals surface area contributed by atoms with E-state index in [4.69, 9.17) is 16.0 Å². The van der Waals surface area contributed by atoms with Gasteiger partial charge in [0.15, 0.2) is 5.58 Å². The number of carbonyl (C=O) groups excluding carboxylic acids is 1. The molecule has 0 aliphatic carbocycles. The molecule has 2 aromatic carbocycles. The lowest BCUT2D eigenvalue weighted by Gasteiger charge is -2.06. The van der Waals surface area contributed by atoms with E-state index in [-0.39, 0.29) is 11.7 Å². The van der Waals surface area contributed by atoms with Gasteiger partial charge < -0.3 is 4.42 Å². The van der Waals surface area contributed by atoms with Gasteiger partial charge >= 0.3 is 0 Å². The molecule has 0 amide bonds. The second-order valence-electron chi connectivity index (χ2n) is 5.09. The highest BCUT2D eigenvalue weighted by Crippen LogP contribution is 2.27. The molecular weight excluding hydrogens is 310 g/mol. The summed E-state index contributed by atoms with van der Waals surface area (Å²) in [6, 6.07) is 13.0. The van der Waals surface area contributed by atoms with Gasteiger partial charge in [0.2, 0.25) is 5.89 Å². The number of ketones is 1. The number of rotatable bonds is 3. The van der Waals surface area contributed by atoms with Crippen LogP contribution in [0.2, 0.25) is 5.02 Å². The van der Waals surface area contributed by atoms with Gasteiger partial charge in [0.25, 0.3) is 0 Å². The van der Waals surface area contributed by atoms with Crippen molar-refractivity contribution in [2.24, 2.45) is 0 Å². The van der Waals surface area contributed by atoms with E-state index in [0.29, 0.717) is 16.5 Å². The Hall–Kier alpha value is -2.13. The normalized spacial score (nSPS) is 11.7. The summed E-state index contributed by atoms with van der Waals surface area (Å²) in [5, 5.41) is 0.674. The van der Waals surface area contributed by atoms with Crippen LogP contribution in [-0.2, 0) is 4.79 Å². The minimum atomic E-state index is -0.134. The zero-order valence-electron chi connectivity index (χ0n) is 13.8. The average molecular weight is 330 g/mol. The molecule has 0 fully saturated rings. The molecule has 23 heavy (non-hydrogen) atoms. The summed E-state index contributed by atoms with van der Waals surface area (Å²) < 4.78 is 5.75. The summed E-state index contributed by atoms with van der Waals surface area (Å²) in [4.78, 5) is 16.0. The average Bonchev–Trinajstić information content (AvgIpc) is 2.99. The maximum Gasteiger partial charge on any atom is 0.227 e. The molecule has 0 bridgehead atoms. The van der Waals surface area contributed by atoms with Crippen LogP contribution in [0.4, 0.5) is 0 Å². The Bertz CT molecular complexity index is 806. The van der Waals surface area contributed by atoms with Crippen LogP contribution in [0.25, 0.3) is 22.6 Å². The smallest absolute Gasteiger partial charge is 0.227 e. The quantitative estimate of drug-likeness (QED) is 0.603. The summed E-state index contributed by atoms with van der Waals surface area (Å²) >= 11 is 5.88. The topological polar surface area (TPSA) is 43.1 Å². The van der Waals surface area contributed by atoms with Gasteiger partial charge in [0.1, 0.15) is 11.3 Å². The molecule has 3 rings (SSSR count). The van der Waals surface area contributed by atoms with Crippen molar-refractivity contribution in [3.05, 3.63) is 53.1 Å². The minimum Gasteiger partial charge on any atom is -0.436 e. The Morgan fingerprint density at radius 3 is 2.39 bits per heavy atom. The molecule has 3 aromatic rings. The molecule has 0 radical (unpaired) electrons. The predicted octanol–water partition coefficient (Wildman–Crippen LogP) is 5.87. The minimum absolute atomic E-state index is 0.134. The Labute approximate surface area is 141 Å². The second-order valence-corrected chi connectivity index (χ2v) is 5.52. The molecule has 0 aliphatic rings. The lowest BCUT2D eigenvalue weighted by atomic mass is 9.97. The van der Waals surface area contributed by atoms with Crippen molar-refractivity contribution in [2.75, 3.05) is 0 Å². The third-order valence-corrected chi connectivity index (χ3v) is 3.86. The number of Topliss-reactive ketones (excluding diaryl/α,β-unsaturated/α-hetero) is 1. The van der Waals surface area contributed by atoms with E-state index in [1.54, 1.807) is 19.1 Å². The first-order chi connectivity index (χ1) is 11.0. The number of aromatic nitrogens is 1. The lowest BCUT2D eigenvalue weighted by Crippen LogP contribution is -2.03. The Kier molecular flexibility index (Phi) is 5.56. The number of carbonyl (C=O) groups is 1. The first-order valence-corrected chi connectivity index (χ1v) is 8.09. The SMILES string of the molecule is CC.CC(=O)C(C)c1ccc2oc(-c3ccc(Cl)cc3)nc2c1. The van der Waals surface area contributed by atoms with Crippen molar-refractivity contribution >= 4 is 28.5 Å². The van der Waals surface area contributed by atoms with Crippen molar-refractivity contribution in [1.82, 2.24) is 4.98 Å². The number of benzene rings is 2. The van der Waals surface area contributed by atoms with E-state index < -0.39 is 0 Å². The van der Waals surface area contributed by atoms with E-state index in [2.05, 4.69) is 4.98 Å². The van der Waals surface area contributed by atoms with Crippen molar-refractivity contribution in [3.8, 4) is 11.5 Å². The van der Waals surface area contributed by atoms with E-state index in [0.717, 1.165) is 16.6 Å². The van der Waals surface area contributed by atoms with Crippen molar-refractivity contribution < 1.29 is 9.21 Å². The maximum atomic E-state index is 11.5. The molecular formula is C19H20ClNO2. The molecule has 1 unspecified atom stereocenters. The number of fused-ring (bicyclic) bond motifs is 1. The van der Waals surface area contributed by atoms with Crippen molar-refractivity contribution in [2.45, 2.75) is 33.6 Å². The Morgan fingerprint density at radius 1 is 1.13 bits per heavy atom. The Balaban J connectivity index is 0.000000924. The highest BCUT2D eigenvalue weighted by atomic mass is 35.5. The van der Waals surface area contributed by atoms with Gasteiger partial charge in [0, 0.05) is 16.5 Å². The molecule has 0 saturated carbocycles. The van der Waals surface area contributed by atoms with Gasteiger partial charge in [-0.2, -0.15) is 0 Å². The first kappa shape index (κ1) is 17.2. The summed E-state index contributed by atoms with van der Waals surface area (Å²) in [7, 11) is 0. The number of halogens is 1. The van der Waals surface area contributed by atoms with Crippen LogP contribution in [0.15, 0.2) is 46.9 Å². The summed E-state index contributed by atoms with van der Waals surface area (Å²) in [5.74, 6) is 0.551. The van der Waals surface area contributed by atoms with Gasteiger partial charge in [-0.3, -0.25) is 4.79 Å². The van der Waals surface area contributed by atoms with E-state index in [9.17, 15) is 4.79 Å². The fraction of sp³-hybridized carbons (Fsp3) is 0.263. The largest absolute Gasteiger partial charge is 0.436 e. The van der Waals surface area contributed by atoms with E-state index in [1.165, 1.54) is 0 Å². The summed E-state index contributed by atoms with van der Waals surface area (Å²) in [6.45, 7) is 7.49. The summed E-state index contributed by atoms with van der Waals surface area (Å²) in [6.07, 6.45) is 0. The fourth-order valence-corrected chi connectivity index (χ4v) is 2.29. The lowest BCUT2D eigenvalue weighted by molar-refractivity contribution is -0.118. The van der Waals surface area contributed by atoms with E-state index >= 15 is 0 Å². The molecule has 1 aromatic heterocycles. The van der Waals surface area contributed by atoms with Crippen LogP contribution in [0.5, 0.6) is 0 Å². The monoisotopic (exact) mass is 329 g/mol. The van der Waals surface area contributed by atoms with Gasteiger partial charge in [-0.05, 0) is 48.9 Å². The molecule has 0 aliphatic heterocycles. The van der Waals surface area contributed by atoms with Crippen molar-refractivity contribution in [1.29, 1.82) is 0 Å². The number of nitrogens with zero attached hydrogens (tertiary/aromatic N) is 1. The molecule has 120 valence electrons. The maximum absolute atomic E-state index is 11.5. The van der Waals surface area contributed by atoms with Crippen LogP contribution in [-0.4, -0.2) is 10.8 Å².